The van der Waals surface area contributed by atoms with Crippen LogP contribution in [0.1, 0.15) is 0 Å². The van der Waals surface area contributed by atoms with Crippen molar-refractivity contribution < 1.29 is 17.9 Å². The monoisotopic (exact) mass is 378 g/mol. The summed E-state index contributed by atoms with van der Waals surface area (Å²) in [6.45, 7) is 0. The fourth-order valence-corrected chi connectivity index (χ4v) is 3.19. The van der Waals surface area contributed by atoms with Crippen LogP contribution in [0.4, 0.5) is 5.69 Å². The molecule has 0 aliphatic rings. The van der Waals surface area contributed by atoms with E-state index in [1.165, 1.54) is 38.5 Å². The second kappa shape index (κ2) is 7.92. The minimum Gasteiger partial charge on any atom is -0.493 e. The minimum absolute atomic E-state index is 0.0150. The normalized spacial score (nSPS) is 11.5. The van der Waals surface area contributed by atoms with E-state index in [-0.39, 0.29) is 4.90 Å². The van der Waals surface area contributed by atoms with E-state index in [0.717, 1.165) is 6.20 Å². The summed E-state index contributed by atoms with van der Waals surface area (Å²) in [6, 6.07) is 12.2. The van der Waals surface area contributed by atoms with Crippen LogP contribution in [0.25, 0.3) is 0 Å². The molecule has 2 aromatic carbocycles. The molecule has 2 aromatic rings. The zero-order valence-corrected chi connectivity index (χ0v) is 15.1. The van der Waals surface area contributed by atoms with E-state index >= 15 is 0 Å². The Morgan fingerprint density at radius 3 is 2.32 bits per heavy atom. The SMILES string of the molecule is COc1ccc(N/C=C(\C#N)S(=O)(=O)c2ccc(Cl)cc2)cc1OC. The van der Waals surface area contributed by atoms with E-state index in [4.69, 9.17) is 21.1 Å². The van der Waals surface area contributed by atoms with Crippen molar-refractivity contribution in [2.75, 3.05) is 19.5 Å². The number of methoxy groups -OCH3 is 2. The van der Waals surface area contributed by atoms with E-state index in [1.54, 1.807) is 24.3 Å². The summed E-state index contributed by atoms with van der Waals surface area (Å²) < 4.78 is 35.3. The highest BCUT2D eigenvalue weighted by Crippen LogP contribution is 2.30. The second-order valence-corrected chi connectivity index (χ2v) is 7.15. The molecule has 0 bridgehead atoms. The topological polar surface area (TPSA) is 88.4 Å². The molecule has 1 N–H and O–H groups in total. The molecular formula is C17H15ClN2O4S. The number of benzene rings is 2. The highest BCUT2D eigenvalue weighted by Gasteiger charge is 2.20. The van der Waals surface area contributed by atoms with Crippen LogP contribution < -0.4 is 14.8 Å². The molecule has 2 rings (SSSR count). The Labute approximate surface area is 151 Å². The van der Waals surface area contributed by atoms with Crippen molar-refractivity contribution in [3.8, 4) is 17.6 Å². The number of allylic oxidation sites excluding steroid dienone is 1. The summed E-state index contributed by atoms with van der Waals surface area (Å²) in [5.41, 5.74) is 0.539. The molecule has 25 heavy (non-hydrogen) atoms. The van der Waals surface area contributed by atoms with Crippen molar-refractivity contribution in [3.63, 3.8) is 0 Å². The molecule has 0 spiro atoms. The Balaban J connectivity index is 2.32. The molecule has 0 aliphatic carbocycles. The van der Waals surface area contributed by atoms with Gasteiger partial charge < -0.3 is 14.8 Å². The first kappa shape index (κ1) is 18.6. The van der Waals surface area contributed by atoms with Crippen LogP contribution >= 0.6 is 11.6 Å². The van der Waals surface area contributed by atoms with Crippen LogP contribution in [0.15, 0.2) is 58.5 Å². The van der Waals surface area contributed by atoms with Crippen LogP contribution in [0.3, 0.4) is 0 Å². The number of sulfone groups is 1. The second-order valence-electron chi connectivity index (χ2n) is 4.79. The smallest absolute Gasteiger partial charge is 0.218 e. The van der Waals surface area contributed by atoms with E-state index in [9.17, 15) is 13.7 Å². The lowest BCUT2D eigenvalue weighted by Gasteiger charge is -2.10. The van der Waals surface area contributed by atoms with Crippen LogP contribution in [0, 0.1) is 11.3 Å². The maximum Gasteiger partial charge on any atom is 0.218 e. The fourth-order valence-electron chi connectivity index (χ4n) is 1.99. The van der Waals surface area contributed by atoms with Crippen LogP contribution in [-0.4, -0.2) is 22.6 Å². The lowest BCUT2D eigenvalue weighted by atomic mass is 10.3. The summed E-state index contributed by atoms with van der Waals surface area (Å²) >= 11 is 5.76. The molecule has 0 fully saturated rings. The molecule has 0 heterocycles. The lowest BCUT2D eigenvalue weighted by molar-refractivity contribution is 0.355. The third-order valence-corrected chi connectivity index (χ3v) is 5.21. The lowest BCUT2D eigenvalue weighted by Crippen LogP contribution is -2.05. The quantitative estimate of drug-likeness (QED) is 0.772. The summed E-state index contributed by atoms with van der Waals surface area (Å²) in [7, 11) is -0.943. The van der Waals surface area contributed by atoms with Gasteiger partial charge in [0.2, 0.25) is 9.84 Å². The first-order chi connectivity index (χ1) is 11.9. The summed E-state index contributed by atoms with van der Waals surface area (Å²) in [6.07, 6.45) is 1.13. The van der Waals surface area contributed by atoms with Gasteiger partial charge in [-0.2, -0.15) is 5.26 Å². The van der Waals surface area contributed by atoms with Gasteiger partial charge in [0.05, 0.1) is 19.1 Å². The summed E-state index contributed by atoms with van der Waals surface area (Å²) in [5, 5.41) is 12.4. The predicted octanol–water partition coefficient (Wildman–Crippen LogP) is 3.61. The van der Waals surface area contributed by atoms with E-state index < -0.39 is 14.7 Å². The molecule has 0 saturated heterocycles. The average Bonchev–Trinajstić information content (AvgIpc) is 2.62. The molecule has 0 amide bonds. The predicted molar refractivity (Wildman–Crippen MR) is 95.5 cm³/mol. The van der Waals surface area contributed by atoms with Crippen molar-refractivity contribution >= 4 is 27.1 Å². The van der Waals surface area contributed by atoms with Crippen molar-refractivity contribution in [1.29, 1.82) is 5.26 Å². The number of nitrogens with zero attached hydrogens (tertiary/aromatic N) is 1. The highest BCUT2D eigenvalue weighted by atomic mass is 35.5. The number of nitrogens with one attached hydrogen (secondary N) is 1. The molecule has 0 atom stereocenters. The Morgan fingerprint density at radius 2 is 1.76 bits per heavy atom. The Bertz CT molecular complexity index is 932. The van der Waals surface area contributed by atoms with Crippen LogP contribution in [0.2, 0.25) is 5.02 Å². The van der Waals surface area contributed by atoms with E-state index in [2.05, 4.69) is 5.32 Å². The third-order valence-electron chi connectivity index (χ3n) is 3.28. The molecule has 0 radical (unpaired) electrons. The van der Waals surface area contributed by atoms with Gasteiger partial charge in [0.1, 0.15) is 6.07 Å². The maximum absolute atomic E-state index is 12.5. The first-order valence-electron chi connectivity index (χ1n) is 7.02. The molecular weight excluding hydrogens is 364 g/mol. The van der Waals surface area contributed by atoms with Gasteiger partial charge >= 0.3 is 0 Å². The molecule has 0 aliphatic heterocycles. The van der Waals surface area contributed by atoms with Crippen molar-refractivity contribution in [3.05, 3.63) is 58.6 Å². The van der Waals surface area contributed by atoms with Gasteiger partial charge in [-0.1, -0.05) is 11.6 Å². The minimum atomic E-state index is -3.94. The Kier molecular flexibility index (Phi) is 5.91. The standard InChI is InChI=1S/C17H15ClN2O4S/c1-23-16-8-5-13(9-17(16)24-2)20-11-15(10-19)25(21,22)14-6-3-12(18)4-7-14/h3-9,11,20H,1-2H3/b15-11+. The van der Waals surface area contributed by atoms with Gasteiger partial charge in [0.15, 0.2) is 16.4 Å². The number of hydrogen-bond acceptors (Lipinski definition) is 6. The first-order valence-corrected chi connectivity index (χ1v) is 8.88. The molecule has 8 heteroatoms. The maximum atomic E-state index is 12.5. The van der Waals surface area contributed by atoms with Crippen molar-refractivity contribution in [1.82, 2.24) is 0 Å². The number of halogens is 1. The van der Waals surface area contributed by atoms with E-state index in [1.807, 2.05) is 0 Å². The van der Waals surface area contributed by atoms with Crippen molar-refractivity contribution in [2.45, 2.75) is 4.90 Å². The molecule has 0 unspecified atom stereocenters. The zero-order chi connectivity index (χ0) is 18.4. The van der Waals surface area contributed by atoms with Crippen LogP contribution in [0.5, 0.6) is 11.5 Å². The number of nitriles is 1. The summed E-state index contributed by atoms with van der Waals surface area (Å²) in [4.78, 5) is -0.441. The molecule has 130 valence electrons. The van der Waals surface area contributed by atoms with Gasteiger partial charge in [-0.3, -0.25) is 0 Å². The van der Waals surface area contributed by atoms with Crippen molar-refractivity contribution in [2.24, 2.45) is 0 Å². The number of hydrogen-bond donors (Lipinski definition) is 1. The Morgan fingerprint density at radius 1 is 1.12 bits per heavy atom. The average molecular weight is 379 g/mol. The fraction of sp³-hybridized carbons (Fsp3) is 0.118. The van der Waals surface area contributed by atoms with Gasteiger partial charge in [0.25, 0.3) is 0 Å². The van der Waals surface area contributed by atoms with Crippen LogP contribution in [-0.2, 0) is 9.84 Å². The largest absolute Gasteiger partial charge is 0.493 e. The van der Waals surface area contributed by atoms with Gasteiger partial charge in [-0.05, 0) is 36.4 Å². The van der Waals surface area contributed by atoms with Gasteiger partial charge in [-0.25, -0.2) is 8.42 Å². The molecule has 0 saturated carbocycles. The van der Waals surface area contributed by atoms with Gasteiger partial charge in [0, 0.05) is 23.0 Å². The molecule has 0 aromatic heterocycles. The number of anilines is 1. The molecule has 6 nitrogen and oxygen atoms in total. The highest BCUT2D eigenvalue weighted by molar-refractivity contribution is 7.95. The third kappa shape index (κ3) is 4.24. The number of rotatable bonds is 6. The van der Waals surface area contributed by atoms with E-state index in [0.29, 0.717) is 22.2 Å². The zero-order valence-electron chi connectivity index (χ0n) is 13.5. The van der Waals surface area contributed by atoms with Gasteiger partial charge in [-0.15, -0.1) is 0 Å². The number of ether oxygens (including phenoxy) is 2. The summed E-state index contributed by atoms with van der Waals surface area (Å²) in [5.74, 6) is 1.01. The Hall–Kier alpha value is -2.69.